The average Bonchev–Trinajstić information content (AvgIpc) is 2.74. The van der Waals surface area contributed by atoms with Crippen molar-refractivity contribution in [3.8, 4) is 0 Å². The van der Waals surface area contributed by atoms with Gasteiger partial charge in [-0.3, -0.25) is 4.90 Å². The lowest BCUT2D eigenvalue weighted by atomic mass is 9.94. The zero-order valence-corrected chi connectivity index (χ0v) is 16.4. The Hall–Kier alpha value is -2.53. The summed E-state index contributed by atoms with van der Waals surface area (Å²) in [6.07, 6.45) is 4.59. The Kier molecular flexibility index (Phi) is 6.12. The first-order valence-electron chi connectivity index (χ1n) is 10.5. The molecule has 0 radical (unpaired) electrons. The second-order valence-electron chi connectivity index (χ2n) is 7.77. The van der Waals surface area contributed by atoms with Gasteiger partial charge in [0.2, 0.25) is 0 Å². The van der Waals surface area contributed by atoms with Gasteiger partial charge in [-0.05, 0) is 56.0 Å². The summed E-state index contributed by atoms with van der Waals surface area (Å²) >= 11 is 0. The molecule has 1 unspecified atom stereocenters. The minimum atomic E-state index is -0.124. The summed E-state index contributed by atoms with van der Waals surface area (Å²) in [5.74, 6) is 0. The molecular weight excluding hydrogens is 348 g/mol. The van der Waals surface area contributed by atoms with Gasteiger partial charge in [0.15, 0.2) is 0 Å². The molecule has 0 aromatic heterocycles. The van der Waals surface area contributed by atoms with E-state index in [0.717, 1.165) is 51.3 Å². The number of hydrogen-bond acceptors (Lipinski definition) is 3. The average molecular weight is 379 g/mol. The lowest BCUT2D eigenvalue weighted by Gasteiger charge is -2.46. The van der Waals surface area contributed by atoms with E-state index in [1.54, 1.807) is 0 Å². The molecule has 2 aliphatic heterocycles. The second kappa shape index (κ2) is 9.11. The molecule has 0 spiro atoms. The van der Waals surface area contributed by atoms with Crippen LogP contribution in [0.2, 0.25) is 0 Å². The van der Waals surface area contributed by atoms with E-state index < -0.39 is 0 Å². The van der Waals surface area contributed by atoms with Gasteiger partial charge in [-0.1, -0.05) is 36.4 Å². The number of fused-ring (bicyclic) bond motifs is 3. The van der Waals surface area contributed by atoms with E-state index in [2.05, 4.69) is 44.7 Å². The monoisotopic (exact) mass is 378 g/mol. The molecule has 2 aromatic carbocycles. The number of carbonyl (C=O) groups excluding carboxylic acids is 1. The molecule has 5 heteroatoms. The number of nitrogens with zero attached hydrogens (tertiary/aromatic N) is 2. The zero-order chi connectivity index (χ0) is 19.2. The minimum Gasteiger partial charge on any atom is -0.366 e. The van der Waals surface area contributed by atoms with E-state index in [4.69, 9.17) is 0 Å². The molecule has 2 heterocycles. The first-order chi connectivity index (χ1) is 13.8. The number of rotatable bonds is 6. The van der Waals surface area contributed by atoms with Gasteiger partial charge in [0.1, 0.15) is 0 Å². The minimum absolute atomic E-state index is 0.124. The third-order valence-electron chi connectivity index (χ3n) is 5.83. The van der Waals surface area contributed by atoms with E-state index in [1.807, 2.05) is 30.3 Å². The number of urea groups is 1. The summed E-state index contributed by atoms with van der Waals surface area (Å²) in [5.41, 5.74) is 3.78. The van der Waals surface area contributed by atoms with Crippen LogP contribution in [0.3, 0.4) is 0 Å². The number of piperazine rings is 1. The number of benzene rings is 2. The fourth-order valence-corrected chi connectivity index (χ4v) is 4.37. The fourth-order valence-electron chi connectivity index (χ4n) is 4.37. The van der Waals surface area contributed by atoms with E-state index in [-0.39, 0.29) is 6.03 Å². The van der Waals surface area contributed by atoms with Crippen molar-refractivity contribution in [2.24, 2.45) is 0 Å². The molecule has 2 aliphatic rings. The lowest BCUT2D eigenvalue weighted by molar-refractivity contribution is 0.210. The van der Waals surface area contributed by atoms with Gasteiger partial charge < -0.3 is 15.5 Å². The predicted octanol–water partition coefficient (Wildman–Crippen LogP) is 3.73. The maximum Gasteiger partial charge on any atom is 0.319 e. The summed E-state index contributed by atoms with van der Waals surface area (Å²) in [4.78, 5) is 17.1. The first kappa shape index (κ1) is 18.8. The number of hydrogen-bond donors (Lipinski definition) is 2. The normalized spacial score (nSPS) is 18.9. The van der Waals surface area contributed by atoms with E-state index in [9.17, 15) is 4.79 Å². The number of unbranched alkanes of at least 4 members (excludes halogenated alkanes) is 1. The van der Waals surface area contributed by atoms with Gasteiger partial charge in [0.25, 0.3) is 0 Å². The smallest absolute Gasteiger partial charge is 0.319 e. The number of amides is 2. The number of nitrogens with one attached hydrogen (secondary N) is 2. The van der Waals surface area contributed by atoms with Crippen molar-refractivity contribution < 1.29 is 4.79 Å². The highest BCUT2D eigenvalue weighted by Gasteiger charge is 2.30. The molecule has 0 saturated carbocycles. The second-order valence-corrected chi connectivity index (χ2v) is 7.77. The van der Waals surface area contributed by atoms with Gasteiger partial charge in [-0.25, -0.2) is 4.79 Å². The maximum absolute atomic E-state index is 11.9. The summed E-state index contributed by atoms with van der Waals surface area (Å²) < 4.78 is 0. The quantitative estimate of drug-likeness (QED) is 0.753. The van der Waals surface area contributed by atoms with Crippen molar-refractivity contribution in [2.45, 2.75) is 31.7 Å². The van der Waals surface area contributed by atoms with Crippen LogP contribution in [-0.2, 0) is 6.42 Å². The van der Waals surface area contributed by atoms with E-state index in [1.165, 1.54) is 24.1 Å². The molecule has 28 heavy (non-hydrogen) atoms. The highest BCUT2D eigenvalue weighted by molar-refractivity contribution is 5.89. The number of para-hydroxylation sites is 2. The summed E-state index contributed by atoms with van der Waals surface area (Å²) in [7, 11) is 0. The van der Waals surface area contributed by atoms with Crippen molar-refractivity contribution in [2.75, 3.05) is 42.9 Å². The molecule has 0 bridgehead atoms. The van der Waals surface area contributed by atoms with Crippen molar-refractivity contribution in [3.05, 3.63) is 60.2 Å². The molecule has 4 rings (SSSR count). The Morgan fingerprint density at radius 1 is 1.00 bits per heavy atom. The Bertz CT molecular complexity index is 779. The Labute approximate surface area is 167 Å². The molecule has 0 aliphatic carbocycles. The van der Waals surface area contributed by atoms with Crippen LogP contribution in [0.4, 0.5) is 16.2 Å². The van der Waals surface area contributed by atoms with Crippen LogP contribution in [0.5, 0.6) is 0 Å². The van der Waals surface area contributed by atoms with Crippen LogP contribution >= 0.6 is 0 Å². The van der Waals surface area contributed by atoms with Crippen LogP contribution in [0.25, 0.3) is 0 Å². The molecule has 148 valence electrons. The zero-order valence-electron chi connectivity index (χ0n) is 16.4. The lowest BCUT2D eigenvalue weighted by Crippen LogP contribution is -2.55. The molecule has 1 atom stereocenters. The maximum atomic E-state index is 11.9. The van der Waals surface area contributed by atoms with Gasteiger partial charge in [-0.15, -0.1) is 0 Å². The third-order valence-corrected chi connectivity index (χ3v) is 5.83. The first-order valence-corrected chi connectivity index (χ1v) is 10.5. The standard InChI is InChI=1S/C23H30N4O/c28-23(25-20-9-2-1-3-10-20)24-14-6-7-15-26-16-17-27-21(18-26)13-12-19-8-4-5-11-22(19)27/h1-5,8-11,21H,6-7,12-18H2,(H2,24,25,28). The molecule has 5 nitrogen and oxygen atoms in total. The molecule has 2 aromatic rings. The summed E-state index contributed by atoms with van der Waals surface area (Å²) in [5, 5.41) is 5.80. The van der Waals surface area contributed by atoms with Crippen LogP contribution in [0, 0.1) is 0 Å². The predicted molar refractivity (Wildman–Crippen MR) is 115 cm³/mol. The van der Waals surface area contributed by atoms with Crippen molar-refractivity contribution in [3.63, 3.8) is 0 Å². The molecule has 1 fully saturated rings. The fraction of sp³-hybridized carbons (Fsp3) is 0.435. The SMILES string of the molecule is O=C(NCCCCN1CCN2c3ccccc3CCC2C1)Nc1ccccc1. The molecule has 2 N–H and O–H groups in total. The Morgan fingerprint density at radius 3 is 2.71 bits per heavy atom. The highest BCUT2D eigenvalue weighted by Crippen LogP contribution is 2.32. The van der Waals surface area contributed by atoms with Gasteiger partial charge in [0.05, 0.1) is 0 Å². The third kappa shape index (κ3) is 4.65. The molecule has 2 amide bonds. The molecular formula is C23H30N4O. The Balaban J connectivity index is 1.14. The number of carbonyl (C=O) groups is 1. The van der Waals surface area contributed by atoms with E-state index >= 15 is 0 Å². The van der Waals surface area contributed by atoms with Gasteiger partial charge in [-0.2, -0.15) is 0 Å². The molecule has 1 saturated heterocycles. The van der Waals surface area contributed by atoms with Crippen molar-refractivity contribution in [1.29, 1.82) is 0 Å². The van der Waals surface area contributed by atoms with Crippen LogP contribution in [0.1, 0.15) is 24.8 Å². The van der Waals surface area contributed by atoms with Crippen LogP contribution in [-0.4, -0.2) is 49.7 Å². The number of aryl methyl sites for hydroxylation is 1. The van der Waals surface area contributed by atoms with Gasteiger partial charge in [0, 0.05) is 43.6 Å². The summed E-state index contributed by atoms with van der Waals surface area (Å²) in [6, 6.07) is 19.0. The van der Waals surface area contributed by atoms with Crippen molar-refractivity contribution in [1.82, 2.24) is 10.2 Å². The van der Waals surface area contributed by atoms with E-state index in [0.29, 0.717) is 6.04 Å². The largest absolute Gasteiger partial charge is 0.366 e. The Morgan fingerprint density at radius 2 is 1.82 bits per heavy atom. The van der Waals surface area contributed by atoms with Gasteiger partial charge >= 0.3 is 6.03 Å². The van der Waals surface area contributed by atoms with Crippen LogP contribution in [0.15, 0.2) is 54.6 Å². The highest BCUT2D eigenvalue weighted by atomic mass is 16.2. The number of anilines is 2. The van der Waals surface area contributed by atoms with Crippen LogP contribution < -0.4 is 15.5 Å². The topological polar surface area (TPSA) is 47.6 Å². The van der Waals surface area contributed by atoms with Crippen molar-refractivity contribution >= 4 is 17.4 Å². The summed E-state index contributed by atoms with van der Waals surface area (Å²) in [6.45, 7) is 5.26.